The summed E-state index contributed by atoms with van der Waals surface area (Å²) in [7, 11) is 1.44. The molecule has 0 saturated carbocycles. The monoisotopic (exact) mass is 563 g/mol. The molecule has 0 bridgehead atoms. The maximum atomic E-state index is 13.7. The molecule has 1 aliphatic heterocycles. The van der Waals surface area contributed by atoms with Gasteiger partial charge in [0.15, 0.2) is 4.80 Å². The van der Waals surface area contributed by atoms with E-state index in [0.29, 0.717) is 38.9 Å². The lowest BCUT2D eigenvalue weighted by Crippen LogP contribution is -2.39. The first-order chi connectivity index (χ1) is 19.2. The van der Waals surface area contributed by atoms with Gasteiger partial charge in [0, 0.05) is 18.2 Å². The number of aromatic nitrogens is 1. The number of thiazole rings is 1. The van der Waals surface area contributed by atoms with E-state index in [1.807, 2.05) is 0 Å². The number of allylic oxidation sites excluding steroid dienone is 1. The van der Waals surface area contributed by atoms with E-state index in [-0.39, 0.29) is 22.4 Å². The third kappa shape index (κ3) is 4.84. The Labute approximate surface area is 230 Å². The molecule has 40 heavy (non-hydrogen) atoms. The molecule has 0 fully saturated rings. The van der Waals surface area contributed by atoms with Crippen LogP contribution in [0.1, 0.15) is 31.2 Å². The predicted octanol–water partition coefficient (Wildman–Crippen LogP) is 4.11. The van der Waals surface area contributed by atoms with Crippen molar-refractivity contribution in [3.8, 4) is 17.1 Å². The molecule has 0 N–H and O–H groups in total. The molecule has 1 atom stereocenters. The number of methoxy groups -OCH3 is 1. The maximum absolute atomic E-state index is 13.7. The molecule has 0 unspecified atom stereocenters. The highest BCUT2D eigenvalue weighted by molar-refractivity contribution is 7.07. The molecule has 0 saturated heterocycles. The van der Waals surface area contributed by atoms with Crippen LogP contribution in [0.5, 0.6) is 5.75 Å². The van der Waals surface area contributed by atoms with Gasteiger partial charge in [-0.25, -0.2) is 14.2 Å². The van der Waals surface area contributed by atoms with Gasteiger partial charge in [-0.3, -0.25) is 19.5 Å². The van der Waals surface area contributed by atoms with Gasteiger partial charge >= 0.3 is 5.97 Å². The van der Waals surface area contributed by atoms with Crippen LogP contribution in [0.25, 0.3) is 17.4 Å². The van der Waals surface area contributed by atoms with Gasteiger partial charge in [-0.15, -0.1) is 0 Å². The Morgan fingerprint density at radius 2 is 1.98 bits per heavy atom. The van der Waals surface area contributed by atoms with Gasteiger partial charge in [-0.2, -0.15) is 0 Å². The number of nitro groups is 1. The second-order valence-electron chi connectivity index (χ2n) is 8.70. The number of benzene rings is 2. The fourth-order valence-electron chi connectivity index (χ4n) is 4.46. The fourth-order valence-corrected chi connectivity index (χ4v) is 5.49. The molecule has 3 heterocycles. The normalized spacial score (nSPS) is 15.0. The zero-order valence-electron chi connectivity index (χ0n) is 21.5. The van der Waals surface area contributed by atoms with Crippen molar-refractivity contribution in [1.29, 1.82) is 0 Å². The van der Waals surface area contributed by atoms with Crippen molar-refractivity contribution in [2.75, 3.05) is 13.7 Å². The summed E-state index contributed by atoms with van der Waals surface area (Å²) >= 11 is 1.10. The minimum absolute atomic E-state index is 0.129. The topological polar surface area (TPSA) is 126 Å². The van der Waals surface area contributed by atoms with Crippen LogP contribution in [0.4, 0.5) is 10.1 Å². The molecule has 12 heteroatoms. The summed E-state index contributed by atoms with van der Waals surface area (Å²) in [6.07, 6.45) is 1.53. The number of hydrogen-bond donors (Lipinski definition) is 0. The van der Waals surface area contributed by atoms with Crippen LogP contribution in [0.2, 0.25) is 0 Å². The minimum atomic E-state index is -0.876. The third-order valence-electron chi connectivity index (χ3n) is 6.26. The van der Waals surface area contributed by atoms with Gasteiger partial charge in [0.05, 0.1) is 46.0 Å². The second kappa shape index (κ2) is 10.7. The van der Waals surface area contributed by atoms with Crippen LogP contribution in [-0.4, -0.2) is 29.2 Å². The van der Waals surface area contributed by atoms with E-state index in [0.717, 1.165) is 11.3 Å². The largest absolute Gasteiger partial charge is 0.496 e. The molecule has 1 aliphatic rings. The molecule has 2 aromatic carbocycles. The van der Waals surface area contributed by atoms with Gasteiger partial charge in [0.25, 0.3) is 11.2 Å². The summed E-state index contributed by atoms with van der Waals surface area (Å²) in [5, 5.41) is 11.3. The SMILES string of the molecule is CCOC(=O)C1=C(C)N=c2s/c(=C\c3ccc(-c4cc([N+](=O)[O-])ccc4OC)o3)c(=O)n2[C@@H]1c1ccc(F)cc1. The Balaban J connectivity index is 1.63. The quantitative estimate of drug-likeness (QED) is 0.188. The number of nitrogens with zero attached hydrogens (tertiary/aromatic N) is 3. The van der Waals surface area contributed by atoms with Crippen molar-refractivity contribution >= 4 is 29.1 Å². The van der Waals surface area contributed by atoms with E-state index in [4.69, 9.17) is 13.9 Å². The van der Waals surface area contributed by atoms with E-state index < -0.39 is 28.3 Å². The molecule has 2 aromatic heterocycles. The molecule has 10 nitrogen and oxygen atoms in total. The van der Waals surface area contributed by atoms with Crippen molar-refractivity contribution in [2.24, 2.45) is 4.99 Å². The lowest BCUT2D eigenvalue weighted by atomic mass is 9.96. The Hall–Kier alpha value is -4.84. The number of nitro benzene ring substituents is 1. The fraction of sp³-hybridized carbons (Fsp3) is 0.179. The zero-order valence-corrected chi connectivity index (χ0v) is 22.4. The van der Waals surface area contributed by atoms with Crippen molar-refractivity contribution in [1.82, 2.24) is 4.57 Å². The number of carbonyl (C=O) groups is 1. The van der Waals surface area contributed by atoms with Gasteiger partial charge in [-0.1, -0.05) is 23.5 Å². The number of hydrogen-bond acceptors (Lipinski definition) is 9. The molecule has 5 rings (SSSR count). The number of fused-ring (bicyclic) bond motifs is 1. The summed E-state index contributed by atoms with van der Waals surface area (Å²) < 4.78 is 31.9. The van der Waals surface area contributed by atoms with E-state index in [1.54, 1.807) is 26.0 Å². The number of halogens is 1. The smallest absolute Gasteiger partial charge is 0.338 e. The van der Waals surface area contributed by atoms with Crippen LogP contribution in [-0.2, 0) is 9.53 Å². The van der Waals surface area contributed by atoms with Gasteiger partial charge in [-0.05, 0) is 49.7 Å². The predicted molar refractivity (Wildman–Crippen MR) is 144 cm³/mol. The lowest BCUT2D eigenvalue weighted by molar-refractivity contribution is -0.384. The number of rotatable bonds is 7. The molecule has 0 spiro atoms. The molecule has 0 amide bonds. The van der Waals surface area contributed by atoms with Gasteiger partial charge < -0.3 is 13.9 Å². The zero-order chi connectivity index (χ0) is 28.6. The summed E-state index contributed by atoms with van der Waals surface area (Å²) in [5.74, 6) is -0.0673. The highest BCUT2D eigenvalue weighted by Gasteiger charge is 2.33. The van der Waals surface area contributed by atoms with Crippen molar-refractivity contribution < 1.29 is 28.0 Å². The van der Waals surface area contributed by atoms with E-state index in [2.05, 4.69) is 4.99 Å². The molecule has 204 valence electrons. The Morgan fingerprint density at radius 3 is 2.65 bits per heavy atom. The maximum Gasteiger partial charge on any atom is 0.338 e. The molecular formula is C28H22FN3O7S. The molecule has 0 aliphatic carbocycles. The van der Waals surface area contributed by atoms with Gasteiger partial charge in [0.1, 0.15) is 23.1 Å². The molecular weight excluding hydrogens is 541 g/mol. The Bertz CT molecular complexity index is 1850. The first-order valence-electron chi connectivity index (χ1n) is 12.1. The van der Waals surface area contributed by atoms with Crippen LogP contribution < -0.4 is 19.6 Å². The summed E-state index contributed by atoms with van der Waals surface area (Å²) in [6, 6.07) is 12.1. The summed E-state index contributed by atoms with van der Waals surface area (Å²) in [5.41, 5.74) is 0.909. The summed E-state index contributed by atoms with van der Waals surface area (Å²) in [6.45, 7) is 3.47. The van der Waals surface area contributed by atoms with Crippen LogP contribution >= 0.6 is 11.3 Å². The van der Waals surface area contributed by atoms with Crippen LogP contribution in [0.3, 0.4) is 0 Å². The van der Waals surface area contributed by atoms with Gasteiger partial charge in [0.2, 0.25) is 0 Å². The number of carbonyl (C=O) groups excluding carboxylic acids is 1. The number of ether oxygens (including phenoxy) is 2. The second-order valence-corrected chi connectivity index (χ2v) is 9.71. The average Bonchev–Trinajstić information content (AvgIpc) is 3.52. The highest BCUT2D eigenvalue weighted by Crippen LogP contribution is 2.35. The van der Waals surface area contributed by atoms with Crippen LogP contribution in [0.15, 0.2) is 80.1 Å². The van der Waals surface area contributed by atoms with E-state index >= 15 is 0 Å². The summed E-state index contributed by atoms with van der Waals surface area (Å²) in [4.78, 5) is 42.2. The average molecular weight is 564 g/mol. The standard InChI is InChI=1S/C28H22FN3O7S/c1-4-38-27(34)24-15(2)30-28-31(25(24)16-5-7-17(29)8-6-16)26(33)23(40-28)14-19-10-12-22(39-19)20-13-18(32(35)36)9-11-21(20)37-3/h5-14,25H,4H2,1-3H3/b23-14-/t25-/m1/s1. The van der Waals surface area contributed by atoms with Crippen molar-refractivity contribution in [2.45, 2.75) is 19.9 Å². The number of non-ortho nitro benzene ring substituents is 1. The Morgan fingerprint density at radius 1 is 1.23 bits per heavy atom. The minimum Gasteiger partial charge on any atom is -0.496 e. The Kier molecular flexibility index (Phi) is 7.18. The first kappa shape index (κ1) is 26.8. The van der Waals surface area contributed by atoms with E-state index in [1.165, 1.54) is 60.2 Å². The number of furan rings is 1. The molecule has 0 radical (unpaired) electrons. The molecule has 4 aromatic rings. The van der Waals surface area contributed by atoms with Crippen molar-refractivity contribution in [3.63, 3.8) is 0 Å². The lowest BCUT2D eigenvalue weighted by Gasteiger charge is -2.24. The van der Waals surface area contributed by atoms with Crippen molar-refractivity contribution in [3.05, 3.63) is 113 Å². The third-order valence-corrected chi connectivity index (χ3v) is 7.25. The van der Waals surface area contributed by atoms with E-state index in [9.17, 15) is 24.1 Å². The highest BCUT2D eigenvalue weighted by atomic mass is 32.1. The first-order valence-corrected chi connectivity index (χ1v) is 12.9. The van der Waals surface area contributed by atoms with Crippen LogP contribution in [0, 0.1) is 15.9 Å². The number of esters is 1.